The molecule has 1 N–H and O–H groups in total. The van der Waals surface area contributed by atoms with E-state index in [2.05, 4.69) is 26.4 Å². The van der Waals surface area contributed by atoms with E-state index in [1.165, 1.54) is 29.0 Å². The van der Waals surface area contributed by atoms with Gasteiger partial charge in [-0.3, -0.25) is 9.36 Å². The molecule has 0 atom stereocenters. The van der Waals surface area contributed by atoms with Crippen molar-refractivity contribution in [1.82, 2.24) is 9.88 Å². The van der Waals surface area contributed by atoms with Gasteiger partial charge in [-0.05, 0) is 56.3 Å². The molecule has 172 valence electrons. The Balaban J connectivity index is 1.84. The summed E-state index contributed by atoms with van der Waals surface area (Å²) >= 11 is 16.0. The highest BCUT2D eigenvalue weighted by atomic mass is 79.9. The fourth-order valence-corrected chi connectivity index (χ4v) is 4.92. The molecule has 10 heteroatoms. The van der Waals surface area contributed by atoms with Gasteiger partial charge >= 0.3 is 0 Å². The predicted octanol–water partition coefficient (Wildman–Crippen LogP) is 5.71. The first-order chi connectivity index (χ1) is 15.8. The second kappa shape index (κ2) is 10.3. The number of rotatable bonds is 5. The van der Waals surface area contributed by atoms with E-state index in [4.69, 9.17) is 28.0 Å². The third-order valence-electron chi connectivity index (χ3n) is 5.17. The molecule has 0 aliphatic carbocycles. The van der Waals surface area contributed by atoms with E-state index in [1.54, 1.807) is 12.1 Å². The van der Waals surface area contributed by atoms with Crippen molar-refractivity contribution < 1.29 is 13.6 Å². The highest BCUT2D eigenvalue weighted by molar-refractivity contribution is 9.10. The molecule has 1 aliphatic heterocycles. The molecular weight excluding hydrogens is 539 g/mol. The zero-order valence-corrected chi connectivity index (χ0v) is 20.2. The highest BCUT2D eigenvalue weighted by Gasteiger charge is 2.20. The van der Waals surface area contributed by atoms with Gasteiger partial charge in [0, 0.05) is 33.9 Å². The molecular formula is C23H18BrCl2F2N3O2. The van der Waals surface area contributed by atoms with Crippen LogP contribution >= 0.6 is 39.1 Å². The summed E-state index contributed by atoms with van der Waals surface area (Å²) in [6.07, 6.45) is 2.79. The van der Waals surface area contributed by atoms with Crippen molar-refractivity contribution >= 4 is 44.8 Å². The van der Waals surface area contributed by atoms with Gasteiger partial charge in [-0.25, -0.2) is 8.78 Å². The maximum absolute atomic E-state index is 14.7. The molecule has 1 fully saturated rings. The van der Waals surface area contributed by atoms with E-state index < -0.39 is 17.2 Å². The fraction of sp³-hybridized carbons (Fsp3) is 0.217. The van der Waals surface area contributed by atoms with Crippen LogP contribution in [0, 0.1) is 11.6 Å². The number of benzene rings is 2. The Bertz CT molecular complexity index is 1250. The van der Waals surface area contributed by atoms with Crippen LogP contribution in [0.25, 0.3) is 5.69 Å². The molecule has 5 nitrogen and oxygen atoms in total. The second-order valence-corrected chi connectivity index (χ2v) is 9.19. The Kier molecular flexibility index (Phi) is 7.48. The van der Waals surface area contributed by atoms with Crippen molar-refractivity contribution in [2.45, 2.75) is 18.9 Å². The van der Waals surface area contributed by atoms with Gasteiger partial charge in [0.25, 0.3) is 5.56 Å². The average Bonchev–Trinajstić information content (AvgIpc) is 2.77. The topological polar surface area (TPSA) is 55.6 Å². The number of aromatic nitrogens is 1. The number of piperidine rings is 1. The number of oxime groups is 1. The monoisotopic (exact) mass is 555 g/mol. The van der Waals surface area contributed by atoms with E-state index in [0.29, 0.717) is 10.0 Å². The van der Waals surface area contributed by atoms with Gasteiger partial charge in [0.15, 0.2) is 0 Å². The van der Waals surface area contributed by atoms with Crippen LogP contribution < -0.4 is 10.9 Å². The molecule has 2 aromatic carbocycles. The van der Waals surface area contributed by atoms with Crippen molar-refractivity contribution in [2.24, 2.45) is 5.16 Å². The summed E-state index contributed by atoms with van der Waals surface area (Å²) in [4.78, 5) is 18.4. The summed E-state index contributed by atoms with van der Waals surface area (Å²) in [5.74, 6) is -1.52. The number of hydrogen-bond donors (Lipinski definition) is 1. The maximum Gasteiger partial charge on any atom is 0.255 e. The van der Waals surface area contributed by atoms with Crippen molar-refractivity contribution in [1.29, 1.82) is 0 Å². The first-order valence-corrected chi connectivity index (χ1v) is 11.7. The molecule has 0 spiro atoms. The minimum absolute atomic E-state index is 0.0310. The highest BCUT2D eigenvalue weighted by Crippen LogP contribution is 2.32. The Morgan fingerprint density at radius 3 is 2.45 bits per heavy atom. The summed E-state index contributed by atoms with van der Waals surface area (Å²) in [5.41, 5.74) is 0.381. The standard InChI is InChI=1S/C23H18BrCl2F2N3O2/c24-14-9-18(25)23(19(26)10-14)31-12-13(1-4-21(31)32)22(17-3-2-15(27)11-20(17)28)30-33-16-5-7-29-8-6-16/h1-4,9-12,16,29H,5-8H2. The molecule has 0 radical (unpaired) electrons. The lowest BCUT2D eigenvalue weighted by Crippen LogP contribution is -2.31. The molecule has 1 aliphatic rings. The molecule has 2 heterocycles. The summed E-state index contributed by atoms with van der Waals surface area (Å²) in [5, 5.41) is 7.95. The fourth-order valence-electron chi connectivity index (χ4n) is 3.53. The Labute approximate surface area is 207 Å². The van der Waals surface area contributed by atoms with E-state index in [0.717, 1.165) is 38.1 Å². The Morgan fingerprint density at radius 2 is 1.79 bits per heavy atom. The average molecular weight is 557 g/mol. The largest absolute Gasteiger partial charge is 0.392 e. The molecule has 0 bridgehead atoms. The molecule has 33 heavy (non-hydrogen) atoms. The van der Waals surface area contributed by atoms with Crippen LogP contribution in [-0.4, -0.2) is 29.5 Å². The molecule has 3 aromatic rings. The number of halogens is 5. The molecule has 0 saturated carbocycles. The van der Waals surface area contributed by atoms with Gasteiger partial charge in [-0.1, -0.05) is 44.3 Å². The van der Waals surface area contributed by atoms with Crippen molar-refractivity contribution in [3.63, 3.8) is 0 Å². The second-order valence-electron chi connectivity index (χ2n) is 7.46. The molecule has 1 saturated heterocycles. The molecule has 0 amide bonds. The van der Waals surface area contributed by atoms with Crippen LogP contribution in [0.3, 0.4) is 0 Å². The van der Waals surface area contributed by atoms with Gasteiger partial charge in [-0.15, -0.1) is 0 Å². The van der Waals surface area contributed by atoms with E-state index in [9.17, 15) is 13.6 Å². The number of nitrogens with zero attached hydrogens (tertiary/aromatic N) is 2. The van der Waals surface area contributed by atoms with Crippen molar-refractivity contribution in [3.05, 3.63) is 96.3 Å². The van der Waals surface area contributed by atoms with E-state index in [-0.39, 0.29) is 33.1 Å². The van der Waals surface area contributed by atoms with Crippen LogP contribution in [-0.2, 0) is 4.84 Å². The lowest BCUT2D eigenvalue weighted by molar-refractivity contribution is 0.0378. The van der Waals surface area contributed by atoms with E-state index >= 15 is 0 Å². The van der Waals surface area contributed by atoms with Crippen molar-refractivity contribution in [3.8, 4) is 5.69 Å². The SMILES string of the molecule is O=c1ccc(C(=NOC2CCNCC2)c2ccc(F)cc2F)cn1-c1c(Cl)cc(Br)cc1Cl. The summed E-state index contributed by atoms with van der Waals surface area (Å²) in [6, 6.07) is 9.20. The van der Waals surface area contributed by atoms with Gasteiger partial charge in [0.05, 0.1) is 15.7 Å². The third-order valence-corrected chi connectivity index (χ3v) is 6.21. The summed E-state index contributed by atoms with van der Waals surface area (Å²) < 4.78 is 30.2. The van der Waals surface area contributed by atoms with Gasteiger partial charge in [0.2, 0.25) is 0 Å². The minimum Gasteiger partial charge on any atom is -0.392 e. The first-order valence-electron chi connectivity index (χ1n) is 10.1. The maximum atomic E-state index is 14.7. The van der Waals surface area contributed by atoms with Crippen LogP contribution in [0.4, 0.5) is 8.78 Å². The molecule has 4 rings (SSSR count). The van der Waals surface area contributed by atoms with E-state index in [1.807, 2.05) is 0 Å². The zero-order chi connectivity index (χ0) is 23.5. The van der Waals surface area contributed by atoms with Crippen LogP contribution in [0.15, 0.2) is 63.1 Å². The van der Waals surface area contributed by atoms with Crippen LogP contribution in [0.5, 0.6) is 0 Å². The lowest BCUT2D eigenvalue weighted by Gasteiger charge is -2.21. The van der Waals surface area contributed by atoms with Crippen LogP contribution in [0.2, 0.25) is 10.0 Å². The van der Waals surface area contributed by atoms with Crippen molar-refractivity contribution in [2.75, 3.05) is 13.1 Å². The smallest absolute Gasteiger partial charge is 0.255 e. The van der Waals surface area contributed by atoms with Crippen LogP contribution in [0.1, 0.15) is 24.0 Å². The number of pyridine rings is 1. The lowest BCUT2D eigenvalue weighted by atomic mass is 10.0. The summed E-state index contributed by atoms with van der Waals surface area (Å²) in [7, 11) is 0. The van der Waals surface area contributed by atoms with Gasteiger partial charge in [0.1, 0.15) is 23.5 Å². The Hall–Kier alpha value is -2.26. The summed E-state index contributed by atoms with van der Waals surface area (Å²) in [6.45, 7) is 1.57. The predicted molar refractivity (Wildman–Crippen MR) is 129 cm³/mol. The molecule has 1 aromatic heterocycles. The number of nitrogens with one attached hydrogen (secondary N) is 1. The quantitative estimate of drug-likeness (QED) is 0.324. The normalized spacial score (nSPS) is 15.0. The van der Waals surface area contributed by atoms with Gasteiger partial charge < -0.3 is 10.2 Å². The number of hydrogen-bond acceptors (Lipinski definition) is 4. The molecule has 0 unspecified atom stereocenters. The van der Waals surface area contributed by atoms with Gasteiger partial charge in [-0.2, -0.15) is 0 Å². The Morgan fingerprint density at radius 1 is 1.09 bits per heavy atom. The first kappa shape index (κ1) is 23.9. The zero-order valence-electron chi connectivity index (χ0n) is 17.1. The third kappa shape index (κ3) is 5.46. The minimum atomic E-state index is -0.805.